The number of esters is 1. The minimum Gasteiger partial charge on any atom is -0.462 e. The van der Waals surface area contributed by atoms with Gasteiger partial charge in [0, 0.05) is 8.27 Å². The minimum atomic E-state index is -0.199. The molecule has 2 nitrogen and oxygen atoms in total. The molecule has 1 aromatic heterocycles. The van der Waals surface area contributed by atoms with Crippen LogP contribution in [0.15, 0.2) is 24.3 Å². The molecule has 0 atom stereocenters. The van der Waals surface area contributed by atoms with Crippen molar-refractivity contribution in [3.05, 3.63) is 32.7 Å². The lowest BCUT2D eigenvalue weighted by Crippen LogP contribution is -2.03. The highest BCUT2D eigenvalue weighted by Crippen LogP contribution is 2.27. The van der Waals surface area contributed by atoms with Crippen molar-refractivity contribution in [2.45, 2.75) is 19.8 Å². The zero-order chi connectivity index (χ0) is 12.3. The summed E-state index contributed by atoms with van der Waals surface area (Å²) in [4.78, 5) is 12.5. The van der Waals surface area contributed by atoms with E-state index in [4.69, 9.17) is 4.74 Å². The molecule has 0 N–H and O–H groups in total. The summed E-state index contributed by atoms with van der Waals surface area (Å²) in [5.41, 5.74) is 0. The normalized spacial score (nSPS) is 10.7. The second-order valence-electron chi connectivity index (χ2n) is 3.78. The van der Waals surface area contributed by atoms with Gasteiger partial charge in [-0.2, -0.15) is 0 Å². The fourth-order valence-corrected chi connectivity index (χ4v) is 2.95. The maximum atomic E-state index is 11.8. The smallest absolute Gasteiger partial charge is 0.348 e. The van der Waals surface area contributed by atoms with Crippen molar-refractivity contribution in [2.24, 2.45) is 0 Å². The van der Waals surface area contributed by atoms with E-state index in [-0.39, 0.29) is 5.97 Å². The largest absolute Gasteiger partial charge is 0.462 e. The predicted octanol–water partition coefficient (Wildman–Crippen LogP) is 4.46. The van der Waals surface area contributed by atoms with E-state index in [9.17, 15) is 4.79 Å². The van der Waals surface area contributed by atoms with Crippen LogP contribution in [0, 0.1) is 3.57 Å². The Hall–Kier alpha value is -0.620. The SMILES string of the molecule is CCCCOC(=O)c1cc2cc(I)ccc2s1. The lowest BCUT2D eigenvalue weighted by molar-refractivity contribution is 0.0505. The molecule has 0 saturated heterocycles. The van der Waals surface area contributed by atoms with Crippen LogP contribution < -0.4 is 0 Å². The van der Waals surface area contributed by atoms with E-state index in [0.29, 0.717) is 11.5 Å². The molecule has 2 aromatic rings. The molecule has 0 fully saturated rings. The van der Waals surface area contributed by atoms with Crippen molar-refractivity contribution in [3.63, 3.8) is 0 Å². The highest BCUT2D eigenvalue weighted by Gasteiger charge is 2.11. The first-order valence-electron chi connectivity index (χ1n) is 5.57. The molecule has 17 heavy (non-hydrogen) atoms. The maximum Gasteiger partial charge on any atom is 0.348 e. The molecule has 0 unspecified atom stereocenters. The Morgan fingerprint density at radius 1 is 1.41 bits per heavy atom. The molecule has 2 rings (SSSR count). The van der Waals surface area contributed by atoms with E-state index in [1.54, 1.807) is 0 Å². The lowest BCUT2D eigenvalue weighted by Gasteiger charge is -2.00. The van der Waals surface area contributed by atoms with E-state index in [0.717, 1.165) is 22.9 Å². The van der Waals surface area contributed by atoms with Crippen molar-refractivity contribution in [1.82, 2.24) is 0 Å². The predicted molar refractivity (Wildman–Crippen MR) is 79.7 cm³/mol. The van der Waals surface area contributed by atoms with Crippen LogP contribution in [-0.2, 0) is 4.74 Å². The average Bonchev–Trinajstić information content (AvgIpc) is 2.72. The van der Waals surface area contributed by atoms with Gasteiger partial charge in [-0.15, -0.1) is 11.3 Å². The Balaban J connectivity index is 2.15. The van der Waals surface area contributed by atoms with Gasteiger partial charge in [-0.3, -0.25) is 0 Å². The number of fused-ring (bicyclic) bond motifs is 1. The Labute approximate surface area is 118 Å². The number of ether oxygens (including phenoxy) is 1. The third-order valence-corrected chi connectivity index (χ3v) is 4.18. The molecule has 0 aliphatic heterocycles. The highest BCUT2D eigenvalue weighted by atomic mass is 127. The molecule has 0 saturated carbocycles. The summed E-state index contributed by atoms with van der Waals surface area (Å²) in [7, 11) is 0. The van der Waals surface area contributed by atoms with Crippen LogP contribution in [0.1, 0.15) is 29.4 Å². The summed E-state index contributed by atoms with van der Waals surface area (Å²) >= 11 is 3.76. The van der Waals surface area contributed by atoms with Crippen LogP contribution in [-0.4, -0.2) is 12.6 Å². The van der Waals surface area contributed by atoms with Gasteiger partial charge in [0.05, 0.1) is 6.61 Å². The summed E-state index contributed by atoms with van der Waals surface area (Å²) in [6, 6.07) is 8.09. The molecule has 0 radical (unpaired) electrons. The Morgan fingerprint density at radius 2 is 2.24 bits per heavy atom. The van der Waals surface area contributed by atoms with Crippen LogP contribution in [0.25, 0.3) is 10.1 Å². The number of hydrogen-bond acceptors (Lipinski definition) is 3. The topological polar surface area (TPSA) is 26.3 Å². The fraction of sp³-hybridized carbons (Fsp3) is 0.308. The summed E-state index contributed by atoms with van der Waals surface area (Å²) in [6.07, 6.45) is 1.96. The van der Waals surface area contributed by atoms with Crippen molar-refractivity contribution in [2.75, 3.05) is 6.61 Å². The Kier molecular flexibility index (Phi) is 4.39. The molecule has 4 heteroatoms. The van der Waals surface area contributed by atoms with Crippen molar-refractivity contribution >= 4 is 50.0 Å². The van der Waals surface area contributed by atoms with Crippen LogP contribution in [0.5, 0.6) is 0 Å². The molecule has 1 aromatic carbocycles. The first-order chi connectivity index (χ1) is 8.20. The number of carbonyl (C=O) groups is 1. The van der Waals surface area contributed by atoms with Crippen LogP contribution >= 0.6 is 33.9 Å². The number of rotatable bonds is 4. The van der Waals surface area contributed by atoms with Crippen LogP contribution in [0.3, 0.4) is 0 Å². The number of benzene rings is 1. The monoisotopic (exact) mass is 360 g/mol. The first-order valence-corrected chi connectivity index (χ1v) is 7.46. The molecular formula is C13H13IO2S. The van der Waals surface area contributed by atoms with E-state index in [2.05, 4.69) is 35.6 Å². The third kappa shape index (κ3) is 3.19. The number of hydrogen-bond donors (Lipinski definition) is 0. The fourth-order valence-electron chi connectivity index (χ4n) is 1.50. The second-order valence-corrected chi connectivity index (χ2v) is 6.11. The molecule has 90 valence electrons. The van der Waals surface area contributed by atoms with Crippen molar-refractivity contribution in [3.8, 4) is 0 Å². The van der Waals surface area contributed by atoms with Gasteiger partial charge in [-0.1, -0.05) is 13.3 Å². The van der Waals surface area contributed by atoms with Crippen LogP contribution in [0.4, 0.5) is 0 Å². The molecular weight excluding hydrogens is 347 g/mol. The highest BCUT2D eigenvalue weighted by molar-refractivity contribution is 14.1. The summed E-state index contributed by atoms with van der Waals surface area (Å²) < 4.78 is 7.51. The van der Waals surface area contributed by atoms with Crippen molar-refractivity contribution < 1.29 is 9.53 Å². The molecule has 0 aliphatic rings. The van der Waals surface area contributed by atoms with E-state index in [1.807, 2.05) is 18.2 Å². The number of halogens is 1. The van der Waals surface area contributed by atoms with Gasteiger partial charge in [0.2, 0.25) is 0 Å². The van der Waals surface area contributed by atoms with Gasteiger partial charge in [-0.25, -0.2) is 4.79 Å². The van der Waals surface area contributed by atoms with Gasteiger partial charge in [0.1, 0.15) is 4.88 Å². The van der Waals surface area contributed by atoms with E-state index >= 15 is 0 Å². The lowest BCUT2D eigenvalue weighted by atomic mass is 10.2. The summed E-state index contributed by atoms with van der Waals surface area (Å²) in [5, 5.41) is 1.12. The quantitative estimate of drug-likeness (QED) is 0.457. The van der Waals surface area contributed by atoms with Crippen molar-refractivity contribution in [1.29, 1.82) is 0 Å². The van der Waals surface area contributed by atoms with Gasteiger partial charge in [0.25, 0.3) is 0 Å². The molecule has 0 bridgehead atoms. The Morgan fingerprint density at radius 3 is 3.00 bits per heavy atom. The first kappa shape index (κ1) is 12.8. The zero-order valence-corrected chi connectivity index (χ0v) is 12.5. The van der Waals surface area contributed by atoms with Crippen LogP contribution in [0.2, 0.25) is 0 Å². The molecule has 0 spiro atoms. The molecule has 0 amide bonds. The van der Waals surface area contributed by atoms with Gasteiger partial charge in [-0.05, 0) is 58.7 Å². The van der Waals surface area contributed by atoms with Gasteiger partial charge >= 0.3 is 5.97 Å². The maximum absolute atomic E-state index is 11.8. The number of unbranched alkanes of at least 4 members (excludes halogenated alkanes) is 1. The standard InChI is InChI=1S/C13H13IO2S/c1-2-3-6-16-13(15)12-8-9-7-10(14)4-5-11(9)17-12/h4-5,7-8H,2-3,6H2,1H3. The zero-order valence-electron chi connectivity index (χ0n) is 9.53. The molecule has 1 heterocycles. The third-order valence-electron chi connectivity index (χ3n) is 2.41. The minimum absolute atomic E-state index is 0.199. The van der Waals surface area contributed by atoms with E-state index < -0.39 is 0 Å². The number of thiophene rings is 1. The number of carbonyl (C=O) groups excluding carboxylic acids is 1. The summed E-state index contributed by atoms with van der Waals surface area (Å²) in [6.45, 7) is 2.59. The summed E-state index contributed by atoms with van der Waals surface area (Å²) in [5.74, 6) is -0.199. The van der Waals surface area contributed by atoms with Gasteiger partial charge in [0.15, 0.2) is 0 Å². The van der Waals surface area contributed by atoms with E-state index in [1.165, 1.54) is 14.9 Å². The average molecular weight is 360 g/mol. The second kappa shape index (κ2) is 5.82. The van der Waals surface area contributed by atoms with Gasteiger partial charge < -0.3 is 4.74 Å². The molecule has 0 aliphatic carbocycles. The Bertz CT molecular complexity index is 533.